The van der Waals surface area contributed by atoms with Gasteiger partial charge in [0.1, 0.15) is 0 Å². The fraction of sp³-hybridized carbons (Fsp3) is 0.0714. The molecule has 0 radical (unpaired) electrons. The van der Waals surface area contributed by atoms with Crippen molar-refractivity contribution in [2.24, 2.45) is 0 Å². The summed E-state index contributed by atoms with van der Waals surface area (Å²) in [6.07, 6.45) is 0. The molecule has 21 heavy (non-hydrogen) atoms. The molecule has 5 nitrogen and oxygen atoms in total. The lowest BCUT2D eigenvalue weighted by atomic mass is 10.1. The maximum atomic E-state index is 6.06. The van der Waals surface area contributed by atoms with Gasteiger partial charge in [-0.1, -0.05) is 33.6 Å². The fourth-order valence-corrected chi connectivity index (χ4v) is 2.70. The molecule has 1 heterocycles. The van der Waals surface area contributed by atoms with Crippen LogP contribution >= 0.6 is 27.5 Å². The Morgan fingerprint density at radius 3 is 2.81 bits per heavy atom. The molecule has 0 aliphatic heterocycles. The van der Waals surface area contributed by atoms with E-state index in [9.17, 15) is 0 Å². The topological polar surface area (TPSA) is 69.6 Å². The van der Waals surface area contributed by atoms with Crippen LogP contribution in [0.4, 0.5) is 5.69 Å². The summed E-state index contributed by atoms with van der Waals surface area (Å²) < 4.78 is 2.66. The van der Waals surface area contributed by atoms with Gasteiger partial charge in [-0.15, -0.1) is 5.10 Å². The fourth-order valence-electron chi connectivity index (χ4n) is 2.10. The zero-order valence-electron chi connectivity index (χ0n) is 11.1. The zero-order chi connectivity index (χ0) is 15.0. The van der Waals surface area contributed by atoms with Gasteiger partial charge in [0, 0.05) is 20.7 Å². The van der Waals surface area contributed by atoms with E-state index < -0.39 is 0 Å². The first-order chi connectivity index (χ1) is 10.1. The van der Waals surface area contributed by atoms with Crippen molar-refractivity contribution >= 4 is 33.2 Å². The number of nitrogen functional groups attached to an aromatic ring is 1. The lowest BCUT2D eigenvalue weighted by Crippen LogP contribution is -2.02. The Hall–Kier alpha value is -1.92. The normalized spacial score (nSPS) is 10.8. The van der Waals surface area contributed by atoms with Crippen molar-refractivity contribution in [3.8, 4) is 17.1 Å². The van der Waals surface area contributed by atoms with Crippen LogP contribution in [0.25, 0.3) is 17.1 Å². The molecule has 7 heteroatoms. The van der Waals surface area contributed by atoms with Crippen LogP contribution in [0.2, 0.25) is 5.02 Å². The third-order valence-corrected chi connectivity index (χ3v) is 4.19. The van der Waals surface area contributed by atoms with Gasteiger partial charge in [0.25, 0.3) is 0 Å². The Balaban J connectivity index is 2.19. The van der Waals surface area contributed by atoms with Crippen LogP contribution in [0.3, 0.4) is 0 Å². The van der Waals surface area contributed by atoms with E-state index in [0.29, 0.717) is 16.5 Å². The molecule has 1 aromatic heterocycles. The highest BCUT2D eigenvalue weighted by molar-refractivity contribution is 9.10. The van der Waals surface area contributed by atoms with E-state index in [1.807, 2.05) is 25.1 Å². The smallest absolute Gasteiger partial charge is 0.187 e. The summed E-state index contributed by atoms with van der Waals surface area (Å²) in [4.78, 5) is 0. The molecular weight excluding hydrogens is 354 g/mol. The van der Waals surface area contributed by atoms with Crippen molar-refractivity contribution < 1.29 is 0 Å². The number of halogens is 2. The molecule has 0 aliphatic rings. The monoisotopic (exact) mass is 363 g/mol. The van der Waals surface area contributed by atoms with Crippen LogP contribution in [-0.2, 0) is 0 Å². The third-order valence-electron chi connectivity index (χ3n) is 3.12. The number of anilines is 1. The molecular formula is C14H11BrClN5. The Morgan fingerprint density at radius 2 is 2.05 bits per heavy atom. The maximum absolute atomic E-state index is 6.06. The molecule has 0 saturated heterocycles. The largest absolute Gasteiger partial charge is 0.399 e. The van der Waals surface area contributed by atoms with E-state index >= 15 is 0 Å². The second-order valence-corrected chi connectivity index (χ2v) is 5.86. The highest BCUT2D eigenvalue weighted by Gasteiger charge is 2.14. The van der Waals surface area contributed by atoms with E-state index in [-0.39, 0.29) is 0 Å². The minimum atomic E-state index is 0.547. The summed E-state index contributed by atoms with van der Waals surface area (Å²) in [6.45, 7) is 2.00. The second kappa shape index (κ2) is 5.46. The summed E-state index contributed by atoms with van der Waals surface area (Å²) in [7, 11) is 0. The van der Waals surface area contributed by atoms with Gasteiger partial charge < -0.3 is 5.73 Å². The van der Waals surface area contributed by atoms with Gasteiger partial charge >= 0.3 is 0 Å². The summed E-state index contributed by atoms with van der Waals surface area (Å²) >= 11 is 9.57. The van der Waals surface area contributed by atoms with Crippen molar-refractivity contribution in [1.82, 2.24) is 20.2 Å². The van der Waals surface area contributed by atoms with E-state index in [2.05, 4.69) is 31.5 Å². The van der Waals surface area contributed by atoms with Crippen LogP contribution < -0.4 is 5.73 Å². The zero-order valence-corrected chi connectivity index (χ0v) is 13.4. The molecule has 2 aromatic carbocycles. The molecule has 0 aliphatic carbocycles. The number of aromatic nitrogens is 4. The molecule has 0 fully saturated rings. The van der Waals surface area contributed by atoms with Crippen molar-refractivity contribution in [3.63, 3.8) is 0 Å². The van der Waals surface area contributed by atoms with E-state index in [0.717, 1.165) is 21.3 Å². The van der Waals surface area contributed by atoms with Gasteiger partial charge in [-0.2, -0.15) is 4.68 Å². The number of benzene rings is 2. The number of hydrogen-bond acceptors (Lipinski definition) is 4. The Kier molecular flexibility index (Phi) is 3.65. The van der Waals surface area contributed by atoms with Gasteiger partial charge in [0.15, 0.2) is 5.82 Å². The SMILES string of the molecule is Cc1c(Br)cccc1-n1nnnc1-c1cc(N)cc(Cl)c1. The molecule has 0 atom stereocenters. The van der Waals surface area contributed by atoms with Gasteiger partial charge in [-0.3, -0.25) is 0 Å². The number of tetrazole rings is 1. The summed E-state index contributed by atoms with van der Waals surface area (Å²) in [5, 5.41) is 12.5. The van der Waals surface area contributed by atoms with Crippen molar-refractivity contribution in [1.29, 1.82) is 0 Å². The predicted octanol–water partition coefficient (Wildman–Crippen LogP) is 3.64. The average molecular weight is 365 g/mol. The van der Waals surface area contributed by atoms with Crippen LogP contribution in [0.15, 0.2) is 40.9 Å². The predicted molar refractivity (Wildman–Crippen MR) is 86.4 cm³/mol. The van der Waals surface area contributed by atoms with Crippen LogP contribution in [0, 0.1) is 6.92 Å². The van der Waals surface area contributed by atoms with E-state index in [1.165, 1.54) is 0 Å². The van der Waals surface area contributed by atoms with Gasteiger partial charge in [-0.05, 0) is 53.2 Å². The van der Waals surface area contributed by atoms with Crippen LogP contribution in [-0.4, -0.2) is 20.2 Å². The lowest BCUT2D eigenvalue weighted by molar-refractivity contribution is 0.787. The molecule has 0 spiro atoms. The third kappa shape index (κ3) is 2.64. The average Bonchev–Trinajstić information content (AvgIpc) is 2.90. The summed E-state index contributed by atoms with van der Waals surface area (Å²) in [5.41, 5.74) is 9.11. The number of rotatable bonds is 2. The first-order valence-electron chi connectivity index (χ1n) is 6.16. The Labute approximate surface area is 134 Å². The first kappa shape index (κ1) is 14.0. The van der Waals surface area contributed by atoms with E-state index in [4.69, 9.17) is 17.3 Å². The molecule has 3 aromatic rings. The minimum absolute atomic E-state index is 0.547. The number of nitrogens with two attached hydrogens (primary N) is 1. The van der Waals surface area contributed by atoms with Crippen molar-refractivity contribution in [3.05, 3.63) is 51.5 Å². The number of hydrogen-bond donors (Lipinski definition) is 1. The molecule has 0 amide bonds. The quantitative estimate of drug-likeness (QED) is 0.705. The van der Waals surface area contributed by atoms with Gasteiger partial charge in [-0.25, -0.2) is 0 Å². The van der Waals surface area contributed by atoms with Crippen molar-refractivity contribution in [2.45, 2.75) is 6.92 Å². The van der Waals surface area contributed by atoms with Crippen LogP contribution in [0.1, 0.15) is 5.56 Å². The summed E-state index contributed by atoms with van der Waals surface area (Å²) in [5.74, 6) is 0.588. The van der Waals surface area contributed by atoms with Crippen molar-refractivity contribution in [2.75, 3.05) is 5.73 Å². The highest BCUT2D eigenvalue weighted by atomic mass is 79.9. The summed E-state index contributed by atoms with van der Waals surface area (Å²) in [6, 6.07) is 11.1. The first-order valence-corrected chi connectivity index (χ1v) is 7.33. The van der Waals surface area contributed by atoms with E-state index in [1.54, 1.807) is 22.9 Å². The maximum Gasteiger partial charge on any atom is 0.187 e. The highest BCUT2D eigenvalue weighted by Crippen LogP contribution is 2.28. The second-order valence-electron chi connectivity index (χ2n) is 4.57. The molecule has 0 unspecified atom stereocenters. The Bertz CT molecular complexity index is 795. The number of nitrogens with zero attached hydrogens (tertiary/aromatic N) is 4. The molecule has 0 bridgehead atoms. The van der Waals surface area contributed by atoms with Gasteiger partial charge in [0.2, 0.25) is 0 Å². The molecule has 3 rings (SSSR count). The Morgan fingerprint density at radius 1 is 1.24 bits per heavy atom. The van der Waals surface area contributed by atoms with Crippen LogP contribution in [0.5, 0.6) is 0 Å². The molecule has 106 valence electrons. The standard InChI is InChI=1S/C14H11BrClN5/c1-8-12(15)3-2-4-13(8)21-14(18-19-20-21)9-5-10(16)7-11(17)6-9/h2-7H,17H2,1H3. The lowest BCUT2D eigenvalue weighted by Gasteiger charge is -2.09. The van der Waals surface area contributed by atoms with Gasteiger partial charge in [0.05, 0.1) is 5.69 Å². The minimum Gasteiger partial charge on any atom is -0.399 e. The molecule has 0 saturated carbocycles. The molecule has 2 N–H and O–H groups in total.